The van der Waals surface area contributed by atoms with E-state index in [1.807, 2.05) is 0 Å². The largest absolute Gasteiger partial charge is 0.452 e. The molecule has 5 rings (SSSR count). The fraction of sp³-hybridized carbons (Fsp3) is 0.207. The minimum atomic E-state index is -3.78. The van der Waals surface area contributed by atoms with Crippen molar-refractivity contribution in [2.24, 2.45) is 0 Å². The number of morpholine rings is 1. The number of carbonyl (C=O) groups excluding carboxylic acids is 2. The predicted octanol–water partition coefficient (Wildman–Crippen LogP) is 5.99. The Kier molecular flexibility index (Phi) is 9.03. The molecule has 1 saturated heterocycles. The summed E-state index contributed by atoms with van der Waals surface area (Å²) in [5, 5.41) is 3.73. The smallest absolute Gasteiger partial charge is 0.339 e. The molecule has 0 saturated carbocycles. The Bertz CT molecular complexity index is 1810. The molecule has 0 spiro atoms. The summed E-state index contributed by atoms with van der Waals surface area (Å²) >= 11 is 18.7. The van der Waals surface area contributed by atoms with Crippen LogP contribution in [-0.4, -0.2) is 62.5 Å². The lowest BCUT2D eigenvalue weighted by Gasteiger charge is -2.26. The van der Waals surface area contributed by atoms with Gasteiger partial charge >= 0.3 is 5.97 Å². The summed E-state index contributed by atoms with van der Waals surface area (Å²) in [6, 6.07) is 16.3. The van der Waals surface area contributed by atoms with Crippen LogP contribution in [0.3, 0.4) is 0 Å². The van der Waals surface area contributed by atoms with Gasteiger partial charge in [-0.05, 0) is 48.9 Å². The second kappa shape index (κ2) is 12.5. The molecular weight excluding hydrogens is 625 g/mol. The molecule has 2 heterocycles. The Morgan fingerprint density at radius 3 is 2.50 bits per heavy atom. The number of halogens is 3. The molecule has 1 N–H and O–H groups in total. The number of sulfonamides is 1. The maximum atomic E-state index is 13.2. The van der Waals surface area contributed by atoms with Gasteiger partial charge < -0.3 is 14.8 Å². The van der Waals surface area contributed by atoms with Crippen LogP contribution in [0.5, 0.6) is 0 Å². The Morgan fingerprint density at radius 2 is 1.74 bits per heavy atom. The molecule has 4 aromatic rings. The fourth-order valence-corrected chi connectivity index (χ4v) is 6.78. The SMILES string of the molecule is Cc1ccc(NC(=O)COC(=O)c2cc(-c3ccc(Cl)c(Cl)c3Cl)nc3ccccc23)cc1S(=O)(=O)N1CCOCC1. The first kappa shape index (κ1) is 30.2. The fourth-order valence-electron chi connectivity index (χ4n) is 4.49. The quantitative estimate of drug-likeness (QED) is 0.194. The van der Waals surface area contributed by atoms with Crippen LogP contribution in [0.25, 0.3) is 22.2 Å². The van der Waals surface area contributed by atoms with E-state index in [0.717, 1.165) is 0 Å². The van der Waals surface area contributed by atoms with Gasteiger partial charge in [-0.2, -0.15) is 4.31 Å². The van der Waals surface area contributed by atoms with E-state index in [-0.39, 0.29) is 44.3 Å². The highest BCUT2D eigenvalue weighted by Gasteiger charge is 2.28. The third-order valence-corrected chi connectivity index (χ3v) is 9.98. The highest BCUT2D eigenvalue weighted by Crippen LogP contribution is 2.38. The molecule has 0 atom stereocenters. The first-order valence-corrected chi connectivity index (χ1v) is 15.3. The van der Waals surface area contributed by atoms with Crippen LogP contribution in [-0.2, 0) is 24.3 Å². The Morgan fingerprint density at radius 1 is 1.00 bits per heavy atom. The van der Waals surface area contributed by atoms with E-state index >= 15 is 0 Å². The Balaban J connectivity index is 1.34. The van der Waals surface area contributed by atoms with E-state index in [1.54, 1.807) is 55.5 Å². The van der Waals surface area contributed by atoms with E-state index in [1.165, 1.54) is 16.4 Å². The van der Waals surface area contributed by atoms with Gasteiger partial charge in [0.1, 0.15) is 0 Å². The maximum absolute atomic E-state index is 13.2. The summed E-state index contributed by atoms with van der Waals surface area (Å²) in [5.41, 5.74) is 2.28. The Labute approximate surface area is 257 Å². The molecule has 0 aliphatic carbocycles. The minimum Gasteiger partial charge on any atom is -0.452 e. The van der Waals surface area contributed by atoms with Gasteiger partial charge in [-0.15, -0.1) is 0 Å². The van der Waals surface area contributed by atoms with Crippen LogP contribution >= 0.6 is 34.8 Å². The van der Waals surface area contributed by atoms with E-state index in [2.05, 4.69) is 10.3 Å². The topological polar surface area (TPSA) is 115 Å². The lowest BCUT2D eigenvalue weighted by Crippen LogP contribution is -2.40. The van der Waals surface area contributed by atoms with Crippen LogP contribution < -0.4 is 5.32 Å². The number of esters is 1. The van der Waals surface area contributed by atoms with E-state index in [4.69, 9.17) is 44.3 Å². The van der Waals surface area contributed by atoms with E-state index in [9.17, 15) is 18.0 Å². The molecule has 9 nitrogen and oxygen atoms in total. The summed E-state index contributed by atoms with van der Waals surface area (Å²) in [6.07, 6.45) is 0. The number of carbonyl (C=O) groups is 2. The lowest BCUT2D eigenvalue weighted by molar-refractivity contribution is -0.119. The number of fused-ring (bicyclic) bond motifs is 1. The van der Waals surface area contributed by atoms with Gasteiger partial charge in [0.2, 0.25) is 10.0 Å². The van der Waals surface area contributed by atoms with Gasteiger partial charge in [0.15, 0.2) is 6.61 Å². The van der Waals surface area contributed by atoms with Crippen LogP contribution in [0.4, 0.5) is 5.69 Å². The molecule has 1 aromatic heterocycles. The monoisotopic (exact) mass is 647 g/mol. The van der Waals surface area contributed by atoms with Crippen molar-refractivity contribution in [1.29, 1.82) is 0 Å². The number of ether oxygens (including phenoxy) is 2. The van der Waals surface area contributed by atoms with Crippen molar-refractivity contribution in [3.63, 3.8) is 0 Å². The number of para-hydroxylation sites is 1. The highest BCUT2D eigenvalue weighted by atomic mass is 35.5. The summed E-state index contributed by atoms with van der Waals surface area (Å²) < 4.78 is 38.3. The van der Waals surface area contributed by atoms with Crippen molar-refractivity contribution in [2.75, 3.05) is 38.2 Å². The molecule has 0 bridgehead atoms. The standard InChI is InChI=1S/C29H24Cl3N3O6S/c1-17-6-7-18(14-25(17)42(38,39)35-10-12-40-13-11-35)33-26(36)16-41-29(37)21-15-24(34-23-5-3-2-4-19(21)23)20-8-9-22(30)28(32)27(20)31/h2-9,14-15H,10-13,16H2,1H3,(H,33,36). The predicted molar refractivity (Wildman–Crippen MR) is 162 cm³/mol. The first-order chi connectivity index (χ1) is 20.1. The van der Waals surface area contributed by atoms with Crippen molar-refractivity contribution in [1.82, 2.24) is 9.29 Å². The number of pyridine rings is 1. The number of aryl methyl sites for hydroxylation is 1. The van der Waals surface area contributed by atoms with Crippen LogP contribution in [0.15, 0.2) is 65.6 Å². The lowest BCUT2D eigenvalue weighted by atomic mass is 10.0. The molecule has 1 amide bonds. The second-order valence-corrected chi connectivity index (χ2v) is 12.5. The number of hydrogen-bond donors (Lipinski definition) is 1. The third kappa shape index (κ3) is 6.24. The zero-order valence-corrected chi connectivity index (χ0v) is 25.3. The molecular formula is C29H24Cl3N3O6S. The summed E-state index contributed by atoms with van der Waals surface area (Å²) in [6.45, 7) is 2.19. The van der Waals surface area contributed by atoms with Gasteiger partial charge in [-0.25, -0.2) is 18.2 Å². The number of anilines is 1. The highest BCUT2D eigenvalue weighted by molar-refractivity contribution is 7.89. The number of aromatic nitrogens is 1. The normalized spacial score (nSPS) is 14.1. The second-order valence-electron chi connectivity index (χ2n) is 9.42. The van der Waals surface area contributed by atoms with Gasteiger partial charge in [0.05, 0.1) is 50.0 Å². The number of hydrogen-bond acceptors (Lipinski definition) is 7. The van der Waals surface area contributed by atoms with Crippen molar-refractivity contribution in [3.8, 4) is 11.3 Å². The number of rotatable bonds is 7. The van der Waals surface area contributed by atoms with Gasteiger partial charge in [-0.1, -0.05) is 59.1 Å². The van der Waals surface area contributed by atoms with Crippen molar-refractivity contribution < 1.29 is 27.5 Å². The number of benzene rings is 3. The molecule has 1 aliphatic heterocycles. The zero-order valence-electron chi connectivity index (χ0n) is 22.2. The molecule has 218 valence electrons. The van der Waals surface area contributed by atoms with Crippen LogP contribution in [0.1, 0.15) is 15.9 Å². The first-order valence-electron chi connectivity index (χ1n) is 12.8. The minimum absolute atomic E-state index is 0.0796. The number of amides is 1. The van der Waals surface area contributed by atoms with Crippen molar-refractivity contribution >= 4 is 73.3 Å². The number of nitrogens with one attached hydrogen (secondary N) is 1. The maximum Gasteiger partial charge on any atom is 0.339 e. The van der Waals surface area contributed by atoms with Gasteiger partial charge in [0.25, 0.3) is 5.91 Å². The molecule has 1 fully saturated rings. The zero-order chi connectivity index (χ0) is 30.0. The van der Waals surface area contributed by atoms with Crippen LogP contribution in [0, 0.1) is 6.92 Å². The molecule has 1 aliphatic rings. The van der Waals surface area contributed by atoms with Gasteiger partial charge in [0, 0.05) is 29.7 Å². The molecule has 0 radical (unpaired) electrons. The summed E-state index contributed by atoms with van der Waals surface area (Å²) in [4.78, 5) is 30.6. The molecule has 13 heteroatoms. The summed E-state index contributed by atoms with van der Waals surface area (Å²) in [7, 11) is -3.78. The average molecular weight is 649 g/mol. The average Bonchev–Trinajstić information content (AvgIpc) is 2.99. The van der Waals surface area contributed by atoms with E-state index in [0.29, 0.717) is 40.9 Å². The van der Waals surface area contributed by atoms with Crippen molar-refractivity contribution in [3.05, 3.63) is 86.9 Å². The Hall–Kier alpha value is -3.25. The molecule has 3 aromatic carbocycles. The molecule has 42 heavy (non-hydrogen) atoms. The molecule has 0 unspecified atom stereocenters. The third-order valence-electron chi connectivity index (χ3n) is 6.64. The van der Waals surface area contributed by atoms with Crippen LogP contribution in [0.2, 0.25) is 15.1 Å². The van der Waals surface area contributed by atoms with Crippen molar-refractivity contribution in [2.45, 2.75) is 11.8 Å². The number of nitrogens with zero attached hydrogens (tertiary/aromatic N) is 2. The van der Waals surface area contributed by atoms with Gasteiger partial charge in [-0.3, -0.25) is 4.79 Å². The summed E-state index contributed by atoms with van der Waals surface area (Å²) in [5.74, 6) is -1.41. The van der Waals surface area contributed by atoms with E-state index < -0.39 is 28.5 Å².